The number of fused-ring (bicyclic) bond motifs is 1. The van der Waals surface area contributed by atoms with Gasteiger partial charge in [0.2, 0.25) is 0 Å². The zero-order valence-electron chi connectivity index (χ0n) is 18.2. The number of amides is 1. The van der Waals surface area contributed by atoms with E-state index in [0.29, 0.717) is 29.4 Å². The van der Waals surface area contributed by atoms with Crippen molar-refractivity contribution in [1.29, 1.82) is 0 Å². The number of carbonyl (C=O) groups is 1. The van der Waals surface area contributed by atoms with E-state index in [1.807, 2.05) is 29.2 Å². The third kappa shape index (κ3) is 4.64. The summed E-state index contributed by atoms with van der Waals surface area (Å²) in [6.07, 6.45) is 1.64. The Morgan fingerprint density at radius 3 is 2.32 bits per heavy atom. The highest BCUT2D eigenvalue weighted by Crippen LogP contribution is 2.28. The first-order chi connectivity index (χ1) is 16.4. The molecule has 1 aliphatic rings. The number of para-hydroxylation sites is 2. The number of H-pyrrole nitrogens is 1. The van der Waals surface area contributed by atoms with Crippen molar-refractivity contribution in [2.75, 3.05) is 17.8 Å². The van der Waals surface area contributed by atoms with Crippen LogP contribution in [0, 0.1) is 0 Å². The quantitative estimate of drug-likeness (QED) is 0.406. The number of piperidine rings is 1. The lowest BCUT2D eigenvalue weighted by molar-refractivity contribution is 0.0711. The van der Waals surface area contributed by atoms with Gasteiger partial charge in [-0.15, -0.1) is 0 Å². The molecule has 0 unspecified atom stereocenters. The number of halogens is 1. The second-order valence-electron chi connectivity index (χ2n) is 8.34. The Hall–Kier alpha value is -3.36. The molecule has 0 radical (unpaired) electrons. The molecule has 34 heavy (non-hydrogen) atoms. The predicted octanol–water partition coefficient (Wildman–Crippen LogP) is 5.04. The average Bonchev–Trinajstić information content (AvgIpc) is 3.29. The van der Waals surface area contributed by atoms with Gasteiger partial charge in [0, 0.05) is 35.3 Å². The van der Waals surface area contributed by atoms with Crippen molar-refractivity contribution in [2.45, 2.75) is 23.7 Å². The first-order valence-electron chi connectivity index (χ1n) is 11.0. The fraction of sp³-hybridized carbons (Fsp3) is 0.200. The van der Waals surface area contributed by atoms with E-state index in [-0.39, 0.29) is 16.7 Å². The molecule has 2 N–H and O–H groups in total. The van der Waals surface area contributed by atoms with Crippen LogP contribution in [0.2, 0.25) is 5.02 Å². The molecular formula is C25H23ClN4O3S. The zero-order valence-corrected chi connectivity index (χ0v) is 19.8. The van der Waals surface area contributed by atoms with Crippen molar-refractivity contribution in [1.82, 2.24) is 14.9 Å². The summed E-state index contributed by atoms with van der Waals surface area (Å²) < 4.78 is 27.8. The van der Waals surface area contributed by atoms with E-state index in [2.05, 4.69) is 9.71 Å². The van der Waals surface area contributed by atoms with Crippen molar-refractivity contribution < 1.29 is 13.2 Å². The van der Waals surface area contributed by atoms with Gasteiger partial charge < -0.3 is 9.88 Å². The maximum atomic E-state index is 13.0. The van der Waals surface area contributed by atoms with Crippen molar-refractivity contribution in [3.8, 4) is 0 Å². The normalized spacial score (nSPS) is 14.9. The van der Waals surface area contributed by atoms with Crippen molar-refractivity contribution >= 4 is 44.3 Å². The summed E-state index contributed by atoms with van der Waals surface area (Å²) >= 11 is 5.85. The van der Waals surface area contributed by atoms with Crippen LogP contribution in [0.15, 0.2) is 77.7 Å². The van der Waals surface area contributed by atoms with Crippen LogP contribution < -0.4 is 4.72 Å². The standard InChI is InChI=1S/C25H23ClN4O3S/c26-19-7-9-20(10-8-19)29-34(32,33)21-11-5-18(6-12-21)25(31)30-15-13-17(14-16-30)24-27-22-3-1-2-4-23(22)28-24/h1-12,17,29H,13-16H2,(H,27,28). The van der Waals surface area contributed by atoms with E-state index in [1.165, 1.54) is 12.1 Å². The molecule has 4 aromatic rings. The molecule has 1 aliphatic heterocycles. The topological polar surface area (TPSA) is 95.2 Å². The molecule has 7 nitrogen and oxygen atoms in total. The maximum absolute atomic E-state index is 13.0. The second-order valence-corrected chi connectivity index (χ2v) is 10.5. The third-order valence-electron chi connectivity index (χ3n) is 6.08. The fourth-order valence-electron chi connectivity index (χ4n) is 4.21. The van der Waals surface area contributed by atoms with Crippen LogP contribution >= 0.6 is 11.6 Å². The van der Waals surface area contributed by atoms with Crippen LogP contribution in [0.1, 0.15) is 34.9 Å². The van der Waals surface area contributed by atoms with Gasteiger partial charge in [0.1, 0.15) is 5.82 Å². The first-order valence-corrected chi connectivity index (χ1v) is 12.9. The number of rotatable bonds is 5. The van der Waals surface area contributed by atoms with Crippen LogP contribution in [-0.2, 0) is 10.0 Å². The number of likely N-dealkylation sites (tertiary alicyclic amines) is 1. The molecule has 0 bridgehead atoms. The molecule has 1 amide bonds. The molecule has 0 saturated carbocycles. The van der Waals surface area contributed by atoms with Gasteiger partial charge in [-0.1, -0.05) is 23.7 Å². The van der Waals surface area contributed by atoms with Crippen LogP contribution in [-0.4, -0.2) is 42.3 Å². The lowest BCUT2D eigenvalue weighted by atomic mass is 9.95. The summed E-state index contributed by atoms with van der Waals surface area (Å²) in [7, 11) is -3.77. The summed E-state index contributed by atoms with van der Waals surface area (Å²) in [5, 5.41) is 0.521. The Morgan fingerprint density at radius 1 is 0.971 bits per heavy atom. The third-order valence-corrected chi connectivity index (χ3v) is 7.73. The monoisotopic (exact) mass is 494 g/mol. The number of carbonyl (C=O) groups excluding carboxylic acids is 1. The van der Waals surface area contributed by atoms with Gasteiger partial charge in [0.25, 0.3) is 15.9 Å². The highest BCUT2D eigenvalue weighted by molar-refractivity contribution is 7.92. The van der Waals surface area contributed by atoms with E-state index in [4.69, 9.17) is 16.6 Å². The molecular weight excluding hydrogens is 472 g/mol. The molecule has 3 aromatic carbocycles. The number of anilines is 1. The SMILES string of the molecule is O=C(c1ccc(S(=O)(=O)Nc2ccc(Cl)cc2)cc1)N1CCC(c2nc3ccccc3[nH]2)CC1. The number of benzene rings is 3. The van der Waals surface area contributed by atoms with Gasteiger partial charge in [-0.2, -0.15) is 0 Å². The van der Waals surface area contributed by atoms with Crippen molar-refractivity contribution in [3.63, 3.8) is 0 Å². The molecule has 0 atom stereocenters. The lowest BCUT2D eigenvalue weighted by Crippen LogP contribution is -2.38. The number of hydrogen-bond acceptors (Lipinski definition) is 4. The Kier molecular flexibility index (Phi) is 6.02. The summed E-state index contributed by atoms with van der Waals surface area (Å²) in [5.74, 6) is 1.15. The van der Waals surface area contributed by atoms with Crippen LogP contribution in [0.5, 0.6) is 0 Å². The number of sulfonamides is 1. The molecule has 1 fully saturated rings. The Bertz CT molecular complexity index is 1390. The van der Waals surface area contributed by atoms with Gasteiger partial charge in [-0.25, -0.2) is 13.4 Å². The Balaban J connectivity index is 1.22. The molecule has 1 aromatic heterocycles. The first kappa shape index (κ1) is 22.4. The van der Waals surface area contributed by atoms with Gasteiger partial charge in [0.15, 0.2) is 0 Å². The number of aromatic amines is 1. The summed E-state index contributed by atoms with van der Waals surface area (Å²) in [6.45, 7) is 1.25. The van der Waals surface area contributed by atoms with Gasteiger partial charge in [-0.3, -0.25) is 9.52 Å². The fourth-order valence-corrected chi connectivity index (χ4v) is 5.40. The molecule has 174 valence electrons. The lowest BCUT2D eigenvalue weighted by Gasteiger charge is -2.31. The van der Waals surface area contributed by atoms with Gasteiger partial charge in [0.05, 0.1) is 15.9 Å². The molecule has 0 spiro atoms. The molecule has 5 rings (SSSR count). The van der Waals surface area contributed by atoms with Crippen LogP contribution in [0.3, 0.4) is 0 Å². The summed E-state index contributed by atoms with van der Waals surface area (Å²) in [6, 6.07) is 20.4. The Morgan fingerprint density at radius 2 is 1.65 bits per heavy atom. The predicted molar refractivity (Wildman–Crippen MR) is 133 cm³/mol. The van der Waals surface area contributed by atoms with E-state index in [0.717, 1.165) is 29.7 Å². The zero-order chi connectivity index (χ0) is 23.7. The average molecular weight is 495 g/mol. The largest absolute Gasteiger partial charge is 0.342 e. The number of nitrogens with zero attached hydrogens (tertiary/aromatic N) is 2. The van der Waals surface area contributed by atoms with Crippen molar-refractivity contribution in [2.24, 2.45) is 0 Å². The van der Waals surface area contributed by atoms with E-state index in [9.17, 15) is 13.2 Å². The second kappa shape index (κ2) is 9.12. The van der Waals surface area contributed by atoms with Crippen LogP contribution in [0.25, 0.3) is 11.0 Å². The molecule has 2 heterocycles. The highest BCUT2D eigenvalue weighted by Gasteiger charge is 2.26. The maximum Gasteiger partial charge on any atom is 0.261 e. The number of nitrogens with one attached hydrogen (secondary N) is 2. The number of hydrogen-bond donors (Lipinski definition) is 2. The molecule has 0 aliphatic carbocycles. The van der Waals surface area contributed by atoms with Crippen molar-refractivity contribution in [3.05, 3.63) is 89.2 Å². The van der Waals surface area contributed by atoms with E-state index in [1.54, 1.807) is 36.4 Å². The number of aromatic nitrogens is 2. The highest BCUT2D eigenvalue weighted by atomic mass is 35.5. The van der Waals surface area contributed by atoms with Crippen LogP contribution in [0.4, 0.5) is 5.69 Å². The van der Waals surface area contributed by atoms with E-state index >= 15 is 0 Å². The minimum Gasteiger partial charge on any atom is -0.342 e. The molecule has 1 saturated heterocycles. The van der Waals surface area contributed by atoms with Gasteiger partial charge >= 0.3 is 0 Å². The molecule has 9 heteroatoms. The summed E-state index contributed by atoms with van der Waals surface area (Å²) in [4.78, 5) is 23.0. The minimum atomic E-state index is -3.77. The number of imidazole rings is 1. The van der Waals surface area contributed by atoms with Gasteiger partial charge in [-0.05, 0) is 73.5 Å². The summed E-state index contributed by atoms with van der Waals surface area (Å²) in [5.41, 5.74) is 2.86. The van der Waals surface area contributed by atoms with E-state index < -0.39 is 10.0 Å². The minimum absolute atomic E-state index is 0.0857. The smallest absolute Gasteiger partial charge is 0.261 e. The Labute approximate surface area is 202 Å².